The Balaban J connectivity index is 1.65. The lowest BCUT2D eigenvalue weighted by atomic mass is 10.00. The normalized spacial score (nSPS) is 20.6. The maximum Gasteiger partial charge on any atom is 0.237 e. The molecule has 0 saturated carbocycles. The van der Waals surface area contributed by atoms with Gasteiger partial charge in [-0.25, -0.2) is 0 Å². The summed E-state index contributed by atoms with van der Waals surface area (Å²) < 4.78 is 17.0. The van der Waals surface area contributed by atoms with Gasteiger partial charge in [-0.05, 0) is 67.3 Å². The Morgan fingerprint density at radius 3 is 2.77 bits per heavy atom. The van der Waals surface area contributed by atoms with E-state index in [2.05, 4.69) is 41.4 Å². The third-order valence-corrected chi connectivity index (χ3v) is 5.86. The van der Waals surface area contributed by atoms with Crippen molar-refractivity contribution in [3.05, 3.63) is 47.5 Å². The standard InChI is InChI=1S/C24H30N2O4/c1-17-14-18(5-7-22(17)28-2)19-6-8-23-20(15-19)16-26-10-3-4-21(26)24(27)25-9-11-29-12-13-30-23/h5-8,14-15,21H,3-4,9-13,16H2,1-2H3,(H,25,27)/t21-/m0/s1. The van der Waals surface area contributed by atoms with Crippen LogP contribution >= 0.6 is 0 Å². The van der Waals surface area contributed by atoms with E-state index in [1.54, 1.807) is 7.11 Å². The Kier molecular flexibility index (Phi) is 6.55. The average molecular weight is 411 g/mol. The van der Waals surface area contributed by atoms with Gasteiger partial charge in [-0.15, -0.1) is 0 Å². The Morgan fingerprint density at radius 2 is 1.93 bits per heavy atom. The minimum atomic E-state index is -0.0921. The predicted octanol–water partition coefficient (Wildman–Crippen LogP) is 3.16. The first-order chi connectivity index (χ1) is 14.7. The predicted molar refractivity (Wildman–Crippen MR) is 116 cm³/mol. The van der Waals surface area contributed by atoms with Gasteiger partial charge in [-0.2, -0.15) is 0 Å². The number of benzene rings is 2. The van der Waals surface area contributed by atoms with Crippen molar-refractivity contribution in [1.82, 2.24) is 10.2 Å². The van der Waals surface area contributed by atoms with Crippen molar-refractivity contribution in [3.63, 3.8) is 0 Å². The molecule has 0 unspecified atom stereocenters. The van der Waals surface area contributed by atoms with Crippen LogP contribution in [-0.4, -0.2) is 56.9 Å². The van der Waals surface area contributed by atoms with Gasteiger partial charge < -0.3 is 19.5 Å². The third-order valence-electron chi connectivity index (χ3n) is 5.86. The van der Waals surface area contributed by atoms with Crippen molar-refractivity contribution in [2.75, 3.05) is 40.0 Å². The topological polar surface area (TPSA) is 60.0 Å². The molecule has 6 nitrogen and oxygen atoms in total. The Bertz CT molecular complexity index is 899. The van der Waals surface area contributed by atoms with Crippen LogP contribution in [0.3, 0.4) is 0 Å². The highest BCUT2D eigenvalue weighted by atomic mass is 16.5. The zero-order valence-electron chi connectivity index (χ0n) is 17.8. The molecule has 2 aromatic rings. The first-order valence-electron chi connectivity index (χ1n) is 10.7. The number of carbonyl (C=O) groups excluding carboxylic acids is 1. The smallest absolute Gasteiger partial charge is 0.237 e. The fourth-order valence-electron chi connectivity index (χ4n) is 4.29. The highest BCUT2D eigenvalue weighted by Gasteiger charge is 2.31. The molecule has 1 N–H and O–H groups in total. The van der Waals surface area contributed by atoms with Crippen LogP contribution < -0.4 is 14.8 Å². The summed E-state index contributed by atoms with van der Waals surface area (Å²) in [6.07, 6.45) is 1.92. The molecular weight excluding hydrogens is 380 g/mol. The number of amides is 1. The molecule has 1 amide bonds. The van der Waals surface area contributed by atoms with Crippen LogP contribution in [-0.2, 0) is 16.1 Å². The van der Waals surface area contributed by atoms with E-state index >= 15 is 0 Å². The van der Waals surface area contributed by atoms with E-state index in [-0.39, 0.29) is 11.9 Å². The Morgan fingerprint density at radius 1 is 1.10 bits per heavy atom. The minimum Gasteiger partial charge on any atom is -0.496 e. The van der Waals surface area contributed by atoms with Crippen molar-refractivity contribution in [1.29, 1.82) is 0 Å². The van der Waals surface area contributed by atoms with Crippen molar-refractivity contribution in [2.45, 2.75) is 32.4 Å². The molecule has 2 aliphatic heterocycles. The highest BCUT2D eigenvalue weighted by molar-refractivity contribution is 5.82. The van der Waals surface area contributed by atoms with Gasteiger partial charge in [-0.3, -0.25) is 9.69 Å². The lowest BCUT2D eigenvalue weighted by Gasteiger charge is -2.25. The third kappa shape index (κ3) is 4.60. The van der Waals surface area contributed by atoms with Crippen molar-refractivity contribution in [3.8, 4) is 22.6 Å². The monoisotopic (exact) mass is 410 g/mol. The number of nitrogens with one attached hydrogen (secondary N) is 1. The number of hydrogen-bond acceptors (Lipinski definition) is 5. The van der Waals surface area contributed by atoms with E-state index in [1.165, 1.54) is 0 Å². The molecule has 2 aromatic carbocycles. The van der Waals surface area contributed by atoms with Crippen LogP contribution in [0.15, 0.2) is 36.4 Å². The number of aryl methyl sites for hydroxylation is 1. The molecule has 0 bridgehead atoms. The first-order valence-corrected chi connectivity index (χ1v) is 10.7. The molecule has 2 heterocycles. The quantitative estimate of drug-likeness (QED) is 0.824. The molecule has 1 atom stereocenters. The van der Waals surface area contributed by atoms with Crippen LogP contribution in [0, 0.1) is 6.92 Å². The highest BCUT2D eigenvalue weighted by Crippen LogP contribution is 2.32. The maximum absolute atomic E-state index is 12.6. The molecule has 6 heteroatoms. The summed E-state index contributed by atoms with van der Waals surface area (Å²) in [6, 6.07) is 12.4. The maximum atomic E-state index is 12.6. The second-order valence-corrected chi connectivity index (χ2v) is 7.89. The zero-order valence-corrected chi connectivity index (χ0v) is 17.8. The molecule has 1 fully saturated rings. The number of hydrogen-bond donors (Lipinski definition) is 1. The molecular formula is C24H30N2O4. The molecule has 0 radical (unpaired) electrons. The van der Waals surface area contributed by atoms with E-state index < -0.39 is 0 Å². The van der Waals surface area contributed by atoms with Crippen molar-refractivity contribution in [2.24, 2.45) is 0 Å². The zero-order chi connectivity index (χ0) is 20.9. The van der Waals surface area contributed by atoms with Crippen LogP contribution in [0.5, 0.6) is 11.5 Å². The molecule has 0 spiro atoms. The summed E-state index contributed by atoms with van der Waals surface area (Å²) in [6.45, 7) is 5.70. The van der Waals surface area contributed by atoms with Crippen LogP contribution in [0.4, 0.5) is 0 Å². The average Bonchev–Trinajstić information content (AvgIpc) is 3.21. The van der Waals surface area contributed by atoms with Gasteiger partial charge in [0.2, 0.25) is 5.91 Å². The number of ether oxygens (including phenoxy) is 3. The van der Waals surface area contributed by atoms with Gasteiger partial charge in [0.05, 0.1) is 26.4 Å². The van der Waals surface area contributed by atoms with Gasteiger partial charge in [0.15, 0.2) is 0 Å². The van der Waals surface area contributed by atoms with Gasteiger partial charge in [0.1, 0.15) is 18.1 Å². The van der Waals surface area contributed by atoms with E-state index in [4.69, 9.17) is 14.2 Å². The molecule has 1 saturated heterocycles. The molecule has 4 rings (SSSR count). The number of rotatable bonds is 2. The fraction of sp³-hybridized carbons (Fsp3) is 0.458. The van der Waals surface area contributed by atoms with Gasteiger partial charge in [-0.1, -0.05) is 12.1 Å². The summed E-state index contributed by atoms with van der Waals surface area (Å²) in [5.74, 6) is 1.84. The molecule has 30 heavy (non-hydrogen) atoms. The second-order valence-electron chi connectivity index (χ2n) is 7.89. The van der Waals surface area contributed by atoms with E-state index in [1.807, 2.05) is 12.1 Å². The number of carbonyl (C=O) groups is 1. The lowest BCUT2D eigenvalue weighted by Crippen LogP contribution is -2.43. The van der Waals surface area contributed by atoms with Crippen LogP contribution in [0.1, 0.15) is 24.0 Å². The number of nitrogens with zero attached hydrogens (tertiary/aromatic N) is 1. The van der Waals surface area contributed by atoms with E-state index in [0.717, 1.165) is 53.1 Å². The van der Waals surface area contributed by atoms with E-state index in [9.17, 15) is 4.79 Å². The largest absolute Gasteiger partial charge is 0.496 e. The fourth-order valence-corrected chi connectivity index (χ4v) is 4.29. The second kappa shape index (κ2) is 9.49. The molecule has 0 aromatic heterocycles. The van der Waals surface area contributed by atoms with Gasteiger partial charge in [0, 0.05) is 18.7 Å². The van der Waals surface area contributed by atoms with E-state index in [0.29, 0.717) is 32.9 Å². The molecule has 160 valence electrons. The summed E-state index contributed by atoms with van der Waals surface area (Å²) in [5.41, 5.74) is 4.46. The molecule has 0 aliphatic carbocycles. The molecule has 2 aliphatic rings. The Labute approximate surface area is 178 Å². The first kappa shape index (κ1) is 20.7. The minimum absolute atomic E-state index is 0.0921. The summed E-state index contributed by atoms with van der Waals surface area (Å²) in [4.78, 5) is 14.9. The summed E-state index contributed by atoms with van der Waals surface area (Å²) in [5, 5.41) is 3.01. The van der Waals surface area contributed by atoms with Crippen molar-refractivity contribution < 1.29 is 19.0 Å². The van der Waals surface area contributed by atoms with Gasteiger partial charge >= 0.3 is 0 Å². The summed E-state index contributed by atoms with van der Waals surface area (Å²) >= 11 is 0. The number of methoxy groups -OCH3 is 1. The lowest BCUT2D eigenvalue weighted by molar-refractivity contribution is -0.125. The van der Waals surface area contributed by atoms with Gasteiger partial charge in [0.25, 0.3) is 0 Å². The SMILES string of the molecule is COc1ccc(-c2ccc3c(c2)CN2CCC[C@H]2C(=O)NCCOCCO3)cc1C. The summed E-state index contributed by atoms with van der Waals surface area (Å²) in [7, 11) is 1.69. The van der Waals surface area contributed by atoms with Crippen molar-refractivity contribution >= 4 is 5.91 Å². The van der Waals surface area contributed by atoms with Crippen LogP contribution in [0.25, 0.3) is 11.1 Å². The Hall–Kier alpha value is -2.57. The van der Waals surface area contributed by atoms with Crippen LogP contribution in [0.2, 0.25) is 0 Å². The number of fused-ring (bicyclic) bond motifs is 2.